The highest BCUT2D eigenvalue weighted by Crippen LogP contribution is 2.18. The fraction of sp³-hybridized carbons (Fsp3) is 0.308. The van der Waals surface area contributed by atoms with Gasteiger partial charge >= 0.3 is 0 Å². The number of hydrogen-bond donors (Lipinski definition) is 1. The molecule has 0 radical (unpaired) electrons. The van der Waals surface area contributed by atoms with Crippen molar-refractivity contribution in [1.82, 2.24) is 10.3 Å². The molecule has 18 heavy (non-hydrogen) atoms. The van der Waals surface area contributed by atoms with Gasteiger partial charge in [0.1, 0.15) is 5.01 Å². The topological polar surface area (TPSA) is 24.9 Å². The van der Waals surface area contributed by atoms with Crippen molar-refractivity contribution < 1.29 is 8.78 Å². The smallest absolute Gasteiger partial charge is 0.159 e. The first-order valence-electron chi connectivity index (χ1n) is 5.65. The summed E-state index contributed by atoms with van der Waals surface area (Å²) in [6.07, 6.45) is 0. The third-order valence-electron chi connectivity index (χ3n) is 2.60. The van der Waals surface area contributed by atoms with Gasteiger partial charge in [0, 0.05) is 17.6 Å². The lowest BCUT2D eigenvalue weighted by molar-refractivity contribution is 0.503. The van der Waals surface area contributed by atoms with Gasteiger partial charge in [-0.25, -0.2) is 13.8 Å². The van der Waals surface area contributed by atoms with Gasteiger partial charge in [-0.15, -0.1) is 11.3 Å². The van der Waals surface area contributed by atoms with Gasteiger partial charge in [0.25, 0.3) is 0 Å². The summed E-state index contributed by atoms with van der Waals surface area (Å²) in [5.74, 6) is -1.63. The highest BCUT2D eigenvalue weighted by Gasteiger charge is 2.09. The van der Waals surface area contributed by atoms with Crippen molar-refractivity contribution >= 4 is 11.3 Å². The van der Waals surface area contributed by atoms with Gasteiger partial charge in [-0.05, 0) is 31.5 Å². The minimum absolute atomic E-state index is 0.0943. The molecule has 96 valence electrons. The lowest BCUT2D eigenvalue weighted by atomic mass is 10.2. The molecule has 0 bridgehead atoms. The minimum Gasteiger partial charge on any atom is -0.304 e. The van der Waals surface area contributed by atoms with Crippen molar-refractivity contribution in [2.75, 3.05) is 0 Å². The van der Waals surface area contributed by atoms with E-state index in [4.69, 9.17) is 0 Å². The molecule has 0 spiro atoms. The average Bonchev–Trinajstić information content (AvgIpc) is 2.77. The van der Waals surface area contributed by atoms with E-state index in [2.05, 4.69) is 10.3 Å². The maximum atomic E-state index is 13.0. The van der Waals surface area contributed by atoms with Crippen molar-refractivity contribution in [2.24, 2.45) is 0 Å². The van der Waals surface area contributed by atoms with Crippen LogP contribution in [0.3, 0.4) is 0 Å². The second-order valence-electron chi connectivity index (χ2n) is 4.18. The second kappa shape index (κ2) is 5.54. The van der Waals surface area contributed by atoms with E-state index >= 15 is 0 Å². The van der Waals surface area contributed by atoms with Crippen LogP contribution < -0.4 is 5.32 Å². The Labute approximate surface area is 109 Å². The molecule has 1 unspecified atom stereocenters. The molecule has 1 heterocycles. The Hall–Kier alpha value is -1.33. The van der Waals surface area contributed by atoms with Gasteiger partial charge in [0.15, 0.2) is 11.6 Å². The lowest BCUT2D eigenvalue weighted by Crippen LogP contribution is -2.18. The molecule has 0 aliphatic carbocycles. The molecule has 1 aromatic heterocycles. The largest absolute Gasteiger partial charge is 0.304 e. The van der Waals surface area contributed by atoms with Crippen LogP contribution in [0.25, 0.3) is 0 Å². The lowest BCUT2D eigenvalue weighted by Gasteiger charge is -2.11. The predicted molar refractivity (Wildman–Crippen MR) is 68.5 cm³/mol. The minimum atomic E-state index is -0.817. The van der Waals surface area contributed by atoms with E-state index in [1.165, 1.54) is 6.07 Å². The zero-order chi connectivity index (χ0) is 13.1. The number of benzene rings is 1. The van der Waals surface area contributed by atoms with Crippen LogP contribution in [0.2, 0.25) is 0 Å². The van der Waals surface area contributed by atoms with Gasteiger partial charge in [-0.3, -0.25) is 0 Å². The second-order valence-corrected chi connectivity index (χ2v) is 5.07. The van der Waals surface area contributed by atoms with E-state index in [0.29, 0.717) is 12.1 Å². The van der Waals surface area contributed by atoms with Crippen LogP contribution in [0.5, 0.6) is 0 Å². The van der Waals surface area contributed by atoms with Crippen molar-refractivity contribution in [3.8, 4) is 0 Å². The van der Waals surface area contributed by atoms with Gasteiger partial charge in [-0.2, -0.15) is 0 Å². The number of rotatable bonds is 4. The predicted octanol–water partition coefficient (Wildman–Crippen LogP) is 3.58. The maximum absolute atomic E-state index is 13.0. The monoisotopic (exact) mass is 268 g/mol. The number of nitrogens with zero attached hydrogens (tertiary/aromatic N) is 1. The summed E-state index contributed by atoms with van der Waals surface area (Å²) in [4.78, 5) is 4.38. The Morgan fingerprint density at radius 2 is 2.11 bits per heavy atom. The molecule has 0 amide bonds. The molecule has 0 aliphatic rings. The van der Waals surface area contributed by atoms with E-state index in [1.54, 1.807) is 17.4 Å². The molecule has 2 nitrogen and oxygen atoms in total. The molecule has 0 saturated heterocycles. The number of nitrogens with one attached hydrogen (secondary N) is 1. The summed E-state index contributed by atoms with van der Waals surface area (Å²) in [5, 5.41) is 6.22. The Kier molecular flexibility index (Phi) is 4.04. The van der Waals surface area contributed by atoms with Gasteiger partial charge < -0.3 is 5.32 Å². The average molecular weight is 268 g/mol. The zero-order valence-electron chi connectivity index (χ0n) is 10.2. The van der Waals surface area contributed by atoms with E-state index in [1.807, 2.05) is 19.2 Å². The van der Waals surface area contributed by atoms with Crippen molar-refractivity contribution in [3.63, 3.8) is 0 Å². The summed E-state index contributed by atoms with van der Waals surface area (Å²) in [6.45, 7) is 4.43. The number of hydrogen-bond acceptors (Lipinski definition) is 3. The Morgan fingerprint density at radius 3 is 2.72 bits per heavy atom. The van der Waals surface area contributed by atoms with Crippen LogP contribution in [0.1, 0.15) is 29.2 Å². The van der Waals surface area contributed by atoms with Crippen LogP contribution in [0.15, 0.2) is 23.6 Å². The molecule has 2 rings (SSSR count). The van der Waals surface area contributed by atoms with E-state index < -0.39 is 11.6 Å². The van der Waals surface area contributed by atoms with Crippen molar-refractivity contribution in [3.05, 3.63) is 51.5 Å². The van der Waals surface area contributed by atoms with E-state index in [9.17, 15) is 8.78 Å². The quantitative estimate of drug-likeness (QED) is 0.916. The fourth-order valence-corrected chi connectivity index (χ4v) is 2.41. The SMILES string of the molecule is Cc1csc(C(C)NCc2ccc(F)c(F)c2)n1. The summed E-state index contributed by atoms with van der Waals surface area (Å²) >= 11 is 1.59. The highest BCUT2D eigenvalue weighted by atomic mass is 32.1. The summed E-state index contributed by atoms with van der Waals surface area (Å²) in [6, 6.07) is 4.02. The van der Waals surface area contributed by atoms with Crippen LogP contribution in [-0.4, -0.2) is 4.98 Å². The molecule has 1 aromatic carbocycles. The molecule has 0 aliphatic heterocycles. The van der Waals surface area contributed by atoms with Gasteiger partial charge in [0.05, 0.1) is 6.04 Å². The molecule has 0 saturated carbocycles. The molecule has 5 heteroatoms. The Balaban J connectivity index is 1.97. The Bertz CT molecular complexity index is 540. The van der Waals surface area contributed by atoms with Gasteiger partial charge in [0.2, 0.25) is 0 Å². The van der Waals surface area contributed by atoms with E-state index in [0.717, 1.165) is 16.8 Å². The molecule has 1 N–H and O–H groups in total. The first kappa shape index (κ1) is 13.1. The van der Waals surface area contributed by atoms with Crippen LogP contribution >= 0.6 is 11.3 Å². The third-order valence-corrected chi connectivity index (χ3v) is 3.75. The van der Waals surface area contributed by atoms with E-state index in [-0.39, 0.29) is 6.04 Å². The maximum Gasteiger partial charge on any atom is 0.159 e. The number of thiazole rings is 1. The third kappa shape index (κ3) is 3.11. The standard InChI is InChI=1S/C13H14F2N2S/c1-8-7-18-13(17-8)9(2)16-6-10-3-4-11(14)12(15)5-10/h3-5,7,9,16H,6H2,1-2H3. The fourth-order valence-electron chi connectivity index (χ4n) is 1.58. The van der Waals surface area contributed by atoms with Gasteiger partial charge in [-0.1, -0.05) is 6.07 Å². The van der Waals surface area contributed by atoms with Crippen molar-refractivity contribution in [2.45, 2.75) is 26.4 Å². The first-order chi connectivity index (χ1) is 8.56. The molecular weight excluding hydrogens is 254 g/mol. The summed E-state index contributed by atoms with van der Waals surface area (Å²) in [7, 11) is 0. The molecular formula is C13H14F2N2S. The van der Waals surface area contributed by atoms with Crippen LogP contribution in [0, 0.1) is 18.6 Å². The molecule has 2 aromatic rings. The zero-order valence-corrected chi connectivity index (χ0v) is 11.0. The summed E-state index contributed by atoms with van der Waals surface area (Å²) in [5.41, 5.74) is 1.71. The molecule has 1 atom stereocenters. The van der Waals surface area contributed by atoms with Crippen LogP contribution in [-0.2, 0) is 6.54 Å². The summed E-state index contributed by atoms with van der Waals surface area (Å²) < 4.78 is 25.8. The van der Waals surface area contributed by atoms with Crippen molar-refractivity contribution in [1.29, 1.82) is 0 Å². The Morgan fingerprint density at radius 1 is 1.33 bits per heavy atom. The molecule has 0 fully saturated rings. The highest BCUT2D eigenvalue weighted by molar-refractivity contribution is 7.09. The number of halogens is 2. The normalized spacial score (nSPS) is 12.7. The first-order valence-corrected chi connectivity index (χ1v) is 6.53. The number of aryl methyl sites for hydroxylation is 1. The number of aromatic nitrogens is 1. The van der Waals surface area contributed by atoms with Crippen LogP contribution in [0.4, 0.5) is 8.78 Å².